The fraction of sp³-hybridized carbons (Fsp3) is 0.571. The SMILES string of the molecule is CC(C)Cn1c(C(C)(C)C)ccc(C(=O)O)c1=O. The lowest BCUT2D eigenvalue weighted by Crippen LogP contribution is -2.34. The molecule has 1 rings (SSSR count). The molecule has 4 heteroatoms. The molecule has 0 amide bonds. The van der Waals surface area contributed by atoms with Gasteiger partial charge in [-0.1, -0.05) is 34.6 Å². The molecule has 0 aliphatic heterocycles. The van der Waals surface area contributed by atoms with Crippen LogP contribution in [0.5, 0.6) is 0 Å². The summed E-state index contributed by atoms with van der Waals surface area (Å²) in [5.41, 5.74) is 0.101. The average Bonchev–Trinajstić information content (AvgIpc) is 2.17. The molecule has 1 heterocycles. The van der Waals surface area contributed by atoms with E-state index in [0.29, 0.717) is 6.54 Å². The lowest BCUT2D eigenvalue weighted by atomic mass is 9.90. The van der Waals surface area contributed by atoms with Crippen molar-refractivity contribution in [2.24, 2.45) is 5.92 Å². The van der Waals surface area contributed by atoms with Crippen molar-refractivity contribution in [2.75, 3.05) is 0 Å². The quantitative estimate of drug-likeness (QED) is 0.898. The number of pyridine rings is 1. The maximum absolute atomic E-state index is 12.2. The molecule has 1 N–H and O–H groups in total. The number of aromatic nitrogens is 1. The summed E-state index contributed by atoms with van der Waals surface area (Å²) < 4.78 is 1.59. The predicted molar refractivity (Wildman–Crippen MR) is 71.2 cm³/mol. The topological polar surface area (TPSA) is 59.3 Å². The maximum atomic E-state index is 12.2. The number of aromatic carboxylic acids is 1. The normalized spacial score (nSPS) is 11.9. The first-order valence-corrected chi connectivity index (χ1v) is 6.12. The summed E-state index contributed by atoms with van der Waals surface area (Å²) in [5.74, 6) is -0.884. The Hall–Kier alpha value is -1.58. The third-order valence-electron chi connectivity index (χ3n) is 2.72. The van der Waals surface area contributed by atoms with E-state index in [1.54, 1.807) is 10.6 Å². The van der Waals surface area contributed by atoms with Crippen LogP contribution in [-0.2, 0) is 12.0 Å². The van der Waals surface area contributed by atoms with Gasteiger partial charge in [-0.3, -0.25) is 4.79 Å². The van der Waals surface area contributed by atoms with Crippen LogP contribution in [-0.4, -0.2) is 15.6 Å². The van der Waals surface area contributed by atoms with Crippen LogP contribution in [0.1, 0.15) is 50.7 Å². The molecule has 100 valence electrons. The van der Waals surface area contributed by atoms with Crippen LogP contribution in [0.4, 0.5) is 0 Å². The third kappa shape index (κ3) is 3.00. The Kier molecular flexibility index (Phi) is 3.99. The second-order valence-electron chi connectivity index (χ2n) is 6.00. The highest BCUT2D eigenvalue weighted by molar-refractivity contribution is 5.87. The molecular formula is C14H21NO3. The summed E-state index contributed by atoms with van der Waals surface area (Å²) in [6.07, 6.45) is 0. The van der Waals surface area contributed by atoms with E-state index in [0.717, 1.165) is 5.69 Å². The number of carboxylic acid groups (broad SMARTS) is 1. The Labute approximate surface area is 107 Å². The van der Waals surface area contributed by atoms with Crippen LogP contribution < -0.4 is 5.56 Å². The van der Waals surface area contributed by atoms with E-state index >= 15 is 0 Å². The van der Waals surface area contributed by atoms with Gasteiger partial charge in [0.2, 0.25) is 0 Å². The molecule has 0 atom stereocenters. The zero-order valence-electron chi connectivity index (χ0n) is 11.7. The van der Waals surface area contributed by atoms with Gasteiger partial charge in [-0.25, -0.2) is 4.79 Å². The van der Waals surface area contributed by atoms with Gasteiger partial charge < -0.3 is 9.67 Å². The largest absolute Gasteiger partial charge is 0.477 e. The van der Waals surface area contributed by atoms with Crippen LogP contribution in [0.2, 0.25) is 0 Å². The van der Waals surface area contributed by atoms with Gasteiger partial charge in [0, 0.05) is 17.7 Å². The van der Waals surface area contributed by atoms with Crippen molar-refractivity contribution in [1.29, 1.82) is 0 Å². The van der Waals surface area contributed by atoms with E-state index in [2.05, 4.69) is 0 Å². The minimum atomic E-state index is -1.17. The second-order valence-corrected chi connectivity index (χ2v) is 6.00. The van der Waals surface area contributed by atoms with Crippen LogP contribution in [0.15, 0.2) is 16.9 Å². The van der Waals surface area contributed by atoms with Crippen molar-refractivity contribution in [2.45, 2.75) is 46.6 Å². The van der Waals surface area contributed by atoms with Crippen molar-refractivity contribution in [3.8, 4) is 0 Å². The first kappa shape index (κ1) is 14.5. The fourth-order valence-corrected chi connectivity index (χ4v) is 1.94. The molecule has 0 bridgehead atoms. The first-order chi connectivity index (χ1) is 8.14. The molecule has 0 aromatic carbocycles. The van der Waals surface area contributed by atoms with E-state index in [4.69, 9.17) is 5.11 Å². The van der Waals surface area contributed by atoms with Gasteiger partial charge in [0.1, 0.15) is 5.56 Å². The molecule has 0 saturated carbocycles. The number of carbonyl (C=O) groups is 1. The van der Waals surface area contributed by atoms with Gasteiger partial charge in [0.15, 0.2) is 0 Å². The molecule has 18 heavy (non-hydrogen) atoms. The number of hydrogen-bond acceptors (Lipinski definition) is 2. The smallest absolute Gasteiger partial charge is 0.341 e. The Morgan fingerprint density at radius 2 is 1.89 bits per heavy atom. The van der Waals surface area contributed by atoms with Gasteiger partial charge in [0.25, 0.3) is 5.56 Å². The van der Waals surface area contributed by atoms with Crippen molar-refractivity contribution in [3.05, 3.63) is 33.7 Å². The highest BCUT2D eigenvalue weighted by Gasteiger charge is 2.22. The molecule has 4 nitrogen and oxygen atoms in total. The predicted octanol–water partition coefficient (Wildman–Crippen LogP) is 2.50. The van der Waals surface area contributed by atoms with E-state index in [9.17, 15) is 9.59 Å². The summed E-state index contributed by atoms with van der Waals surface area (Å²) >= 11 is 0. The summed E-state index contributed by atoms with van der Waals surface area (Å²) in [6.45, 7) is 10.6. The highest BCUT2D eigenvalue weighted by atomic mass is 16.4. The zero-order valence-corrected chi connectivity index (χ0v) is 11.7. The molecular weight excluding hydrogens is 230 g/mol. The molecule has 1 aromatic heterocycles. The number of carboxylic acids is 1. The Morgan fingerprint density at radius 3 is 2.28 bits per heavy atom. The van der Waals surface area contributed by atoms with Gasteiger partial charge in [0.05, 0.1) is 0 Å². The lowest BCUT2D eigenvalue weighted by Gasteiger charge is -2.25. The highest BCUT2D eigenvalue weighted by Crippen LogP contribution is 2.21. The first-order valence-electron chi connectivity index (χ1n) is 6.12. The Morgan fingerprint density at radius 1 is 1.33 bits per heavy atom. The minimum Gasteiger partial charge on any atom is -0.477 e. The van der Waals surface area contributed by atoms with E-state index < -0.39 is 11.5 Å². The third-order valence-corrected chi connectivity index (χ3v) is 2.72. The lowest BCUT2D eigenvalue weighted by molar-refractivity contribution is 0.0693. The fourth-order valence-electron chi connectivity index (χ4n) is 1.94. The molecule has 0 aliphatic carbocycles. The van der Waals surface area contributed by atoms with E-state index in [-0.39, 0.29) is 16.9 Å². The van der Waals surface area contributed by atoms with Crippen LogP contribution in [0, 0.1) is 5.92 Å². The monoisotopic (exact) mass is 251 g/mol. The summed E-state index contributed by atoms with van der Waals surface area (Å²) in [5, 5.41) is 9.00. The van der Waals surface area contributed by atoms with E-state index in [1.807, 2.05) is 34.6 Å². The van der Waals surface area contributed by atoms with Crippen LogP contribution in [0.3, 0.4) is 0 Å². The Bertz CT molecular complexity index is 507. The van der Waals surface area contributed by atoms with Crippen LogP contribution in [0.25, 0.3) is 0 Å². The minimum absolute atomic E-state index is 0.163. The van der Waals surface area contributed by atoms with Gasteiger partial charge in [-0.05, 0) is 18.1 Å². The molecule has 1 aromatic rings. The van der Waals surface area contributed by atoms with Crippen LogP contribution >= 0.6 is 0 Å². The van der Waals surface area contributed by atoms with Gasteiger partial charge >= 0.3 is 5.97 Å². The Balaban J connectivity index is 3.52. The summed E-state index contributed by atoms with van der Waals surface area (Å²) in [6, 6.07) is 3.15. The molecule has 0 fully saturated rings. The standard InChI is InChI=1S/C14H21NO3/c1-9(2)8-15-11(14(3,4)5)7-6-10(12(15)16)13(17)18/h6-7,9H,8H2,1-5H3,(H,17,18). The van der Waals surface area contributed by atoms with E-state index in [1.165, 1.54) is 6.07 Å². The van der Waals surface area contributed by atoms with Crippen molar-refractivity contribution in [1.82, 2.24) is 4.57 Å². The molecule has 0 spiro atoms. The zero-order chi connectivity index (χ0) is 14.1. The number of nitrogens with zero attached hydrogens (tertiary/aromatic N) is 1. The van der Waals surface area contributed by atoms with Crippen molar-refractivity contribution in [3.63, 3.8) is 0 Å². The molecule has 0 saturated heterocycles. The second kappa shape index (κ2) is 4.96. The number of rotatable bonds is 3. The maximum Gasteiger partial charge on any atom is 0.341 e. The number of hydrogen-bond donors (Lipinski definition) is 1. The molecule has 0 aliphatic rings. The summed E-state index contributed by atoms with van der Waals surface area (Å²) in [4.78, 5) is 23.2. The van der Waals surface area contributed by atoms with Crippen molar-refractivity contribution >= 4 is 5.97 Å². The molecule has 0 unspecified atom stereocenters. The summed E-state index contributed by atoms with van der Waals surface area (Å²) in [7, 11) is 0. The average molecular weight is 251 g/mol. The van der Waals surface area contributed by atoms with Gasteiger partial charge in [-0.2, -0.15) is 0 Å². The van der Waals surface area contributed by atoms with Gasteiger partial charge in [-0.15, -0.1) is 0 Å². The van der Waals surface area contributed by atoms with Crippen molar-refractivity contribution < 1.29 is 9.90 Å². The molecule has 0 radical (unpaired) electrons.